The molecule has 0 saturated heterocycles. The predicted molar refractivity (Wildman–Crippen MR) is 80.8 cm³/mol. The summed E-state index contributed by atoms with van der Waals surface area (Å²) in [6.07, 6.45) is 0. The number of hydrogen-bond donors (Lipinski definition) is 0. The van der Waals surface area contributed by atoms with Gasteiger partial charge in [0.05, 0.1) is 10.9 Å². The van der Waals surface area contributed by atoms with E-state index in [1.807, 2.05) is 42.5 Å². The van der Waals surface area contributed by atoms with Gasteiger partial charge >= 0.3 is 0 Å². The third-order valence-electron chi connectivity index (χ3n) is 2.71. The topological polar surface area (TPSA) is 20.3 Å². The van der Waals surface area contributed by atoms with Crippen LogP contribution in [0, 0.1) is 0 Å². The molecule has 0 saturated carbocycles. The van der Waals surface area contributed by atoms with E-state index in [2.05, 4.69) is 0 Å². The maximum Gasteiger partial charge on any atom is 0.245 e. The monoisotopic (exact) mass is 313 g/mol. The lowest BCUT2D eigenvalue weighted by Gasteiger charge is -2.19. The molecule has 1 heterocycles. The normalized spacial score (nSPS) is 12.2. The second-order valence-corrected chi connectivity index (χ2v) is 6.41. The van der Waals surface area contributed by atoms with Gasteiger partial charge in [0.25, 0.3) is 0 Å². The fourth-order valence-corrected chi connectivity index (χ4v) is 3.16. The lowest BCUT2D eigenvalue weighted by Crippen LogP contribution is -2.29. The molecule has 2 aromatic rings. The van der Waals surface area contributed by atoms with Gasteiger partial charge in [0.15, 0.2) is 0 Å². The van der Waals surface area contributed by atoms with E-state index in [0.717, 1.165) is 14.8 Å². The highest BCUT2D eigenvalue weighted by molar-refractivity contribution is 7.16. The number of likely N-dealkylation sites (N-methyl/N-ethyl adjacent to an activating group) is 1. The summed E-state index contributed by atoms with van der Waals surface area (Å²) >= 11 is 13.5. The molecule has 1 aromatic carbocycles. The largest absolute Gasteiger partial charge is 0.339 e. The van der Waals surface area contributed by atoms with Gasteiger partial charge < -0.3 is 4.90 Å². The van der Waals surface area contributed by atoms with Crippen LogP contribution in [0.3, 0.4) is 0 Å². The molecule has 0 aliphatic carbocycles. The molecular formula is C14H13Cl2NOS. The zero-order valence-electron chi connectivity index (χ0n) is 10.3. The van der Waals surface area contributed by atoms with Gasteiger partial charge in [0, 0.05) is 11.9 Å². The van der Waals surface area contributed by atoms with Crippen LogP contribution in [0.4, 0.5) is 0 Å². The van der Waals surface area contributed by atoms with Gasteiger partial charge in [0.1, 0.15) is 5.38 Å². The second-order valence-electron chi connectivity index (χ2n) is 4.17. The van der Waals surface area contributed by atoms with Gasteiger partial charge in [-0.05, 0) is 17.7 Å². The van der Waals surface area contributed by atoms with E-state index in [1.54, 1.807) is 11.9 Å². The molecule has 100 valence electrons. The molecule has 5 heteroatoms. The van der Waals surface area contributed by atoms with Crippen LogP contribution in [0.25, 0.3) is 0 Å². The molecule has 0 fully saturated rings. The molecule has 1 atom stereocenters. The Hall–Kier alpha value is -1.03. The molecule has 0 radical (unpaired) electrons. The maximum atomic E-state index is 12.2. The number of carbonyl (C=O) groups excluding carboxylic acids is 1. The fraction of sp³-hybridized carbons (Fsp3) is 0.214. The summed E-state index contributed by atoms with van der Waals surface area (Å²) in [5, 5.41) is -0.651. The first-order valence-corrected chi connectivity index (χ1v) is 7.39. The molecule has 0 aliphatic rings. The third kappa shape index (κ3) is 3.72. The van der Waals surface area contributed by atoms with Crippen molar-refractivity contribution in [1.82, 2.24) is 4.90 Å². The van der Waals surface area contributed by atoms with Crippen molar-refractivity contribution in [3.05, 3.63) is 57.2 Å². The molecule has 1 unspecified atom stereocenters. The zero-order valence-corrected chi connectivity index (χ0v) is 12.7. The lowest BCUT2D eigenvalue weighted by atomic mass is 10.1. The van der Waals surface area contributed by atoms with Crippen LogP contribution in [0.5, 0.6) is 0 Å². The summed E-state index contributed by atoms with van der Waals surface area (Å²) in [7, 11) is 1.74. The summed E-state index contributed by atoms with van der Waals surface area (Å²) in [6, 6.07) is 13.1. The van der Waals surface area contributed by atoms with Crippen molar-refractivity contribution < 1.29 is 4.79 Å². The van der Waals surface area contributed by atoms with E-state index in [-0.39, 0.29) is 5.91 Å². The van der Waals surface area contributed by atoms with Crippen LogP contribution in [0.15, 0.2) is 42.5 Å². The van der Waals surface area contributed by atoms with Crippen LogP contribution >= 0.6 is 34.5 Å². The number of nitrogens with zero attached hydrogens (tertiary/aromatic N) is 1. The number of alkyl halides is 1. The molecule has 2 nitrogen and oxygen atoms in total. The van der Waals surface area contributed by atoms with Crippen molar-refractivity contribution in [3.63, 3.8) is 0 Å². The summed E-state index contributed by atoms with van der Waals surface area (Å²) in [5.41, 5.74) is 0.810. The van der Waals surface area contributed by atoms with Crippen LogP contribution in [-0.2, 0) is 11.3 Å². The summed E-state index contributed by atoms with van der Waals surface area (Å²) < 4.78 is 0.723. The lowest BCUT2D eigenvalue weighted by molar-refractivity contribution is -0.130. The molecule has 0 N–H and O–H groups in total. The van der Waals surface area contributed by atoms with E-state index >= 15 is 0 Å². The first-order valence-electron chi connectivity index (χ1n) is 5.76. The SMILES string of the molecule is CN(Cc1ccc(Cl)s1)C(=O)C(Cl)c1ccccc1. The number of carbonyl (C=O) groups is 1. The first kappa shape index (κ1) is 14.4. The Morgan fingerprint density at radius 3 is 2.53 bits per heavy atom. The van der Waals surface area contributed by atoms with Crippen LogP contribution in [0.2, 0.25) is 4.34 Å². The Labute approximate surface area is 126 Å². The van der Waals surface area contributed by atoms with Gasteiger partial charge in [-0.25, -0.2) is 0 Å². The Balaban J connectivity index is 2.03. The average molecular weight is 314 g/mol. The van der Waals surface area contributed by atoms with Crippen molar-refractivity contribution in [2.24, 2.45) is 0 Å². The molecule has 0 bridgehead atoms. The number of benzene rings is 1. The molecular weight excluding hydrogens is 301 g/mol. The van der Waals surface area contributed by atoms with Crippen molar-refractivity contribution in [3.8, 4) is 0 Å². The van der Waals surface area contributed by atoms with Crippen molar-refractivity contribution >= 4 is 40.4 Å². The van der Waals surface area contributed by atoms with E-state index in [1.165, 1.54) is 11.3 Å². The Morgan fingerprint density at radius 2 is 1.95 bits per heavy atom. The van der Waals surface area contributed by atoms with Crippen molar-refractivity contribution in [2.45, 2.75) is 11.9 Å². The number of amides is 1. The van der Waals surface area contributed by atoms with Gasteiger partial charge in [-0.2, -0.15) is 0 Å². The minimum Gasteiger partial charge on any atom is -0.339 e. The minimum absolute atomic E-state index is 0.114. The Kier molecular flexibility index (Phi) is 4.86. The average Bonchev–Trinajstić information content (AvgIpc) is 2.83. The number of hydrogen-bond acceptors (Lipinski definition) is 2. The van der Waals surface area contributed by atoms with E-state index in [9.17, 15) is 4.79 Å². The predicted octanol–water partition coefficient (Wildman–Crippen LogP) is 4.34. The first-order chi connectivity index (χ1) is 9.08. The number of rotatable bonds is 4. The maximum absolute atomic E-state index is 12.2. The smallest absolute Gasteiger partial charge is 0.245 e. The molecule has 0 aliphatic heterocycles. The third-order valence-corrected chi connectivity index (χ3v) is 4.36. The Morgan fingerprint density at radius 1 is 1.26 bits per heavy atom. The quantitative estimate of drug-likeness (QED) is 0.769. The summed E-state index contributed by atoms with van der Waals surface area (Å²) in [4.78, 5) is 14.9. The number of halogens is 2. The molecule has 0 spiro atoms. The van der Waals surface area contributed by atoms with Crippen molar-refractivity contribution in [1.29, 1.82) is 0 Å². The van der Waals surface area contributed by atoms with Gasteiger partial charge in [-0.1, -0.05) is 41.9 Å². The van der Waals surface area contributed by atoms with Gasteiger partial charge in [0.2, 0.25) is 5.91 Å². The van der Waals surface area contributed by atoms with Crippen LogP contribution in [-0.4, -0.2) is 17.9 Å². The van der Waals surface area contributed by atoms with E-state index < -0.39 is 5.38 Å². The van der Waals surface area contributed by atoms with E-state index in [0.29, 0.717) is 6.54 Å². The highest BCUT2D eigenvalue weighted by Crippen LogP contribution is 2.25. The van der Waals surface area contributed by atoms with E-state index in [4.69, 9.17) is 23.2 Å². The van der Waals surface area contributed by atoms with Gasteiger partial charge in [-0.3, -0.25) is 4.79 Å². The zero-order chi connectivity index (χ0) is 13.8. The van der Waals surface area contributed by atoms with Gasteiger partial charge in [-0.15, -0.1) is 22.9 Å². The molecule has 1 amide bonds. The molecule has 1 aromatic heterocycles. The highest BCUT2D eigenvalue weighted by Gasteiger charge is 2.21. The van der Waals surface area contributed by atoms with Crippen LogP contribution in [0.1, 0.15) is 15.8 Å². The molecule has 19 heavy (non-hydrogen) atoms. The fourth-order valence-electron chi connectivity index (χ4n) is 1.71. The molecule has 2 rings (SSSR count). The summed E-state index contributed by atoms with van der Waals surface area (Å²) in [6.45, 7) is 0.520. The minimum atomic E-state index is -0.651. The summed E-state index contributed by atoms with van der Waals surface area (Å²) in [5.74, 6) is -0.114. The second kappa shape index (κ2) is 6.42. The standard InChI is InChI=1S/C14H13Cl2NOS/c1-17(9-11-7-8-12(15)19-11)14(18)13(16)10-5-3-2-4-6-10/h2-8,13H,9H2,1H3. The Bertz CT molecular complexity index is 556. The van der Waals surface area contributed by atoms with Crippen LogP contribution < -0.4 is 0 Å². The highest BCUT2D eigenvalue weighted by atomic mass is 35.5. The van der Waals surface area contributed by atoms with Crippen molar-refractivity contribution in [2.75, 3.05) is 7.05 Å². The number of thiophene rings is 1.